The number of nitrogens with zero attached hydrogens (tertiary/aromatic N) is 1. The van der Waals surface area contributed by atoms with Crippen molar-refractivity contribution in [2.45, 2.75) is 57.0 Å². The monoisotopic (exact) mass is 442 g/mol. The quantitative estimate of drug-likeness (QED) is 0.661. The molecule has 2 heterocycles. The Labute approximate surface area is 188 Å². The second-order valence-corrected chi connectivity index (χ2v) is 9.09. The van der Waals surface area contributed by atoms with E-state index in [9.17, 15) is 19.4 Å². The molecule has 3 atom stereocenters. The minimum atomic E-state index is -0.731. The summed E-state index contributed by atoms with van der Waals surface area (Å²) in [6, 6.07) is 11.9. The first-order valence-electron chi connectivity index (χ1n) is 11.2. The molecule has 0 bridgehead atoms. The Bertz CT molecular complexity index is 957. The zero-order valence-corrected chi connectivity index (χ0v) is 18.6. The van der Waals surface area contributed by atoms with Gasteiger partial charge in [0.2, 0.25) is 5.91 Å². The van der Waals surface area contributed by atoms with Crippen molar-refractivity contribution in [2.75, 3.05) is 19.6 Å². The third-order valence-corrected chi connectivity index (χ3v) is 6.66. The van der Waals surface area contributed by atoms with E-state index in [4.69, 9.17) is 4.74 Å². The summed E-state index contributed by atoms with van der Waals surface area (Å²) in [5, 5.41) is 24.1. The number of carbonyl (C=O) groups is 1. The van der Waals surface area contributed by atoms with E-state index in [2.05, 4.69) is 10.2 Å². The lowest BCUT2D eigenvalue weighted by Gasteiger charge is -2.46. The third kappa shape index (κ3) is 4.95. The van der Waals surface area contributed by atoms with Gasteiger partial charge >= 0.3 is 0 Å². The van der Waals surface area contributed by atoms with Gasteiger partial charge in [0.05, 0.1) is 18.2 Å². The van der Waals surface area contributed by atoms with Crippen molar-refractivity contribution in [2.24, 2.45) is 0 Å². The summed E-state index contributed by atoms with van der Waals surface area (Å²) in [7, 11) is 0. The van der Waals surface area contributed by atoms with Gasteiger partial charge in [0.1, 0.15) is 17.2 Å². The number of likely N-dealkylation sites (tertiary alicyclic amines) is 1. The van der Waals surface area contributed by atoms with E-state index in [1.54, 1.807) is 6.07 Å². The summed E-state index contributed by atoms with van der Waals surface area (Å²) in [5.41, 5.74) is 1.89. The predicted molar refractivity (Wildman–Crippen MR) is 119 cm³/mol. The van der Waals surface area contributed by atoms with Crippen molar-refractivity contribution >= 4 is 5.91 Å². The molecule has 172 valence electrons. The Balaban J connectivity index is 1.33. The van der Waals surface area contributed by atoms with Gasteiger partial charge in [0, 0.05) is 38.5 Å². The maximum absolute atomic E-state index is 13.5. The van der Waals surface area contributed by atoms with E-state index in [0.29, 0.717) is 24.3 Å². The van der Waals surface area contributed by atoms with Crippen LogP contribution in [0.3, 0.4) is 0 Å². The molecule has 0 radical (unpaired) electrons. The largest absolute Gasteiger partial charge is 0.487 e. The number of fused-ring (bicyclic) bond motifs is 1. The fourth-order valence-electron chi connectivity index (χ4n) is 4.80. The van der Waals surface area contributed by atoms with Crippen LogP contribution in [0.1, 0.15) is 68.1 Å². The van der Waals surface area contributed by atoms with Crippen LogP contribution in [0.4, 0.5) is 4.39 Å². The van der Waals surface area contributed by atoms with Crippen molar-refractivity contribution in [3.63, 3.8) is 0 Å². The van der Waals surface area contributed by atoms with E-state index in [-0.39, 0.29) is 17.8 Å². The van der Waals surface area contributed by atoms with Crippen LogP contribution in [-0.2, 0) is 4.79 Å². The fraction of sp³-hybridized carbons (Fsp3) is 0.480. The fourth-order valence-corrected chi connectivity index (χ4v) is 4.80. The molecule has 2 aliphatic heterocycles. The van der Waals surface area contributed by atoms with E-state index >= 15 is 0 Å². The number of aliphatic hydroxyl groups is 2. The molecule has 2 aromatic rings. The number of halogens is 1. The van der Waals surface area contributed by atoms with E-state index in [1.165, 1.54) is 19.1 Å². The maximum atomic E-state index is 13.5. The first-order valence-corrected chi connectivity index (χ1v) is 11.2. The molecular formula is C25H31FN2O4. The number of aliphatic hydroxyl groups excluding tert-OH is 2. The molecule has 2 aliphatic rings. The van der Waals surface area contributed by atoms with Crippen molar-refractivity contribution in [1.29, 1.82) is 0 Å². The molecule has 3 N–H and O–H groups in total. The molecule has 1 amide bonds. The van der Waals surface area contributed by atoms with E-state index in [0.717, 1.165) is 37.1 Å². The molecule has 1 spiro atoms. The van der Waals surface area contributed by atoms with Crippen LogP contribution in [0.15, 0.2) is 42.5 Å². The topological polar surface area (TPSA) is 82.0 Å². The van der Waals surface area contributed by atoms with Crippen molar-refractivity contribution in [1.82, 2.24) is 10.2 Å². The van der Waals surface area contributed by atoms with Crippen LogP contribution < -0.4 is 10.1 Å². The average molecular weight is 443 g/mol. The lowest BCUT2D eigenvalue weighted by molar-refractivity contribution is -0.119. The highest BCUT2D eigenvalue weighted by Crippen LogP contribution is 2.44. The smallest absolute Gasteiger partial charge is 0.217 e. The van der Waals surface area contributed by atoms with Gasteiger partial charge in [-0.05, 0) is 49.1 Å². The highest BCUT2D eigenvalue weighted by molar-refractivity contribution is 5.73. The number of benzene rings is 2. The third-order valence-electron chi connectivity index (χ3n) is 6.66. The number of nitrogens with one attached hydrogen (secondary N) is 1. The highest BCUT2D eigenvalue weighted by Gasteiger charge is 2.43. The Morgan fingerprint density at radius 3 is 2.53 bits per heavy atom. The Kier molecular flexibility index (Phi) is 6.51. The number of hydrogen-bond acceptors (Lipinski definition) is 5. The number of rotatable bonds is 5. The summed E-state index contributed by atoms with van der Waals surface area (Å²) < 4.78 is 19.8. The highest BCUT2D eigenvalue weighted by atomic mass is 19.1. The normalized spacial score (nSPS) is 22.0. The second kappa shape index (κ2) is 9.17. The standard InChI is InChI=1S/C25H31FN2O4/c1-16(27-17(2)29)18-3-5-19(6-4-18)23(31)15-28-11-9-25(10-12-28)14-22(30)21-13-20(26)7-8-24(21)32-25/h3-8,13,16,22-23,30-31H,9-12,14-15H2,1-2H3,(H,27,29)/t16-,22+,23+/m1/s1. The number of hydrogen-bond donors (Lipinski definition) is 3. The van der Waals surface area contributed by atoms with Crippen LogP contribution in [0.2, 0.25) is 0 Å². The minimum Gasteiger partial charge on any atom is -0.487 e. The first kappa shape index (κ1) is 22.7. The van der Waals surface area contributed by atoms with Gasteiger partial charge in [-0.25, -0.2) is 4.39 Å². The minimum absolute atomic E-state index is 0.0744. The molecule has 0 unspecified atom stereocenters. The molecule has 4 rings (SSSR count). The zero-order valence-electron chi connectivity index (χ0n) is 18.6. The average Bonchev–Trinajstić information content (AvgIpc) is 2.76. The Hall–Kier alpha value is -2.48. The van der Waals surface area contributed by atoms with Crippen LogP contribution in [-0.4, -0.2) is 46.3 Å². The number of piperidine rings is 1. The van der Waals surface area contributed by atoms with Crippen molar-refractivity contribution < 1.29 is 24.1 Å². The first-order chi connectivity index (χ1) is 15.2. The van der Waals surface area contributed by atoms with Crippen molar-refractivity contribution in [3.8, 4) is 5.75 Å². The summed E-state index contributed by atoms with van der Waals surface area (Å²) in [5.74, 6) is 0.116. The lowest BCUT2D eigenvalue weighted by atomic mass is 9.81. The molecule has 1 saturated heterocycles. The van der Waals surface area contributed by atoms with E-state index < -0.39 is 17.8 Å². The number of ether oxygens (including phenoxy) is 1. The molecule has 0 saturated carbocycles. The van der Waals surface area contributed by atoms with Gasteiger partial charge in [-0.2, -0.15) is 0 Å². The molecule has 6 nitrogen and oxygen atoms in total. The van der Waals surface area contributed by atoms with Crippen LogP contribution >= 0.6 is 0 Å². The Morgan fingerprint density at radius 2 is 1.88 bits per heavy atom. The zero-order chi connectivity index (χ0) is 22.9. The number of carbonyl (C=O) groups excluding carboxylic acids is 1. The van der Waals surface area contributed by atoms with Crippen LogP contribution in [0.5, 0.6) is 5.75 Å². The summed E-state index contributed by atoms with van der Waals surface area (Å²) >= 11 is 0. The Morgan fingerprint density at radius 1 is 1.22 bits per heavy atom. The van der Waals surface area contributed by atoms with Crippen LogP contribution in [0, 0.1) is 5.82 Å². The van der Waals surface area contributed by atoms with Gasteiger partial charge in [-0.1, -0.05) is 24.3 Å². The maximum Gasteiger partial charge on any atom is 0.217 e. The molecule has 2 aromatic carbocycles. The van der Waals surface area contributed by atoms with Gasteiger partial charge in [-0.3, -0.25) is 4.79 Å². The second-order valence-electron chi connectivity index (χ2n) is 9.09. The molecule has 0 aromatic heterocycles. The number of amides is 1. The van der Waals surface area contributed by atoms with Crippen molar-refractivity contribution in [3.05, 3.63) is 65.0 Å². The lowest BCUT2D eigenvalue weighted by Crippen LogP contribution is -2.51. The number of β-amino-alcohol motifs (C(OH)–C–C–N with tert-alkyl or cyclic N) is 1. The van der Waals surface area contributed by atoms with Gasteiger partial charge in [0.25, 0.3) is 0 Å². The summed E-state index contributed by atoms with van der Waals surface area (Å²) in [6.07, 6.45) is 0.579. The van der Waals surface area contributed by atoms with E-state index in [1.807, 2.05) is 31.2 Å². The summed E-state index contributed by atoms with van der Waals surface area (Å²) in [6.45, 7) is 5.43. The molecule has 7 heteroatoms. The summed E-state index contributed by atoms with van der Waals surface area (Å²) in [4.78, 5) is 13.4. The molecule has 1 fully saturated rings. The molecule has 32 heavy (non-hydrogen) atoms. The molecular weight excluding hydrogens is 411 g/mol. The van der Waals surface area contributed by atoms with Gasteiger partial charge in [0.15, 0.2) is 0 Å². The van der Waals surface area contributed by atoms with Gasteiger partial charge in [-0.15, -0.1) is 0 Å². The SMILES string of the molecule is CC(=O)N[C@H](C)c1ccc([C@@H](O)CN2CCC3(CC2)C[C@H](O)c2cc(F)ccc2O3)cc1. The van der Waals surface area contributed by atoms with Crippen LogP contribution in [0.25, 0.3) is 0 Å². The predicted octanol–water partition coefficient (Wildman–Crippen LogP) is 3.41. The van der Waals surface area contributed by atoms with Gasteiger partial charge < -0.3 is 25.2 Å². The molecule has 0 aliphatic carbocycles.